The molecule has 1 spiro atoms. The summed E-state index contributed by atoms with van der Waals surface area (Å²) in [5, 5.41) is 6.95. The molecular weight excluding hydrogens is 207 g/mol. The van der Waals surface area contributed by atoms with Crippen molar-refractivity contribution in [2.24, 2.45) is 5.41 Å². The van der Waals surface area contributed by atoms with Crippen molar-refractivity contribution >= 4 is 24.8 Å². The third-order valence-corrected chi connectivity index (χ3v) is 3.22. The van der Waals surface area contributed by atoms with E-state index < -0.39 is 0 Å². The second-order valence-electron chi connectivity index (χ2n) is 4.03. The number of piperidine rings is 2. The highest BCUT2D eigenvalue weighted by atomic mass is 35.5. The van der Waals surface area contributed by atoms with Gasteiger partial charge in [0, 0.05) is 6.54 Å². The lowest BCUT2D eigenvalue weighted by atomic mass is 9.73. The van der Waals surface area contributed by atoms with Gasteiger partial charge in [-0.05, 0) is 50.7 Å². The van der Waals surface area contributed by atoms with Crippen molar-refractivity contribution in [3.8, 4) is 0 Å². The van der Waals surface area contributed by atoms with Gasteiger partial charge in [-0.2, -0.15) is 0 Å². The molecule has 0 aliphatic carbocycles. The Kier molecular flexibility index (Phi) is 6.31. The molecule has 2 aliphatic rings. The Hall–Kier alpha value is 0.500. The summed E-state index contributed by atoms with van der Waals surface area (Å²) in [7, 11) is 0. The molecule has 4 heteroatoms. The zero-order valence-corrected chi connectivity index (χ0v) is 9.61. The topological polar surface area (TPSA) is 24.1 Å². The van der Waals surface area contributed by atoms with E-state index in [0.29, 0.717) is 5.41 Å². The largest absolute Gasteiger partial charge is 0.317 e. The van der Waals surface area contributed by atoms with Crippen LogP contribution in [0.15, 0.2) is 0 Å². The van der Waals surface area contributed by atoms with Crippen LogP contribution in [0.5, 0.6) is 0 Å². The van der Waals surface area contributed by atoms with Crippen molar-refractivity contribution in [1.82, 2.24) is 10.6 Å². The molecule has 0 radical (unpaired) electrons. The minimum Gasteiger partial charge on any atom is -0.317 e. The van der Waals surface area contributed by atoms with Gasteiger partial charge in [0.2, 0.25) is 0 Å². The van der Waals surface area contributed by atoms with Crippen LogP contribution in [-0.4, -0.2) is 26.2 Å². The van der Waals surface area contributed by atoms with Gasteiger partial charge in [-0.15, -0.1) is 24.8 Å². The Labute approximate surface area is 93.1 Å². The van der Waals surface area contributed by atoms with E-state index in [4.69, 9.17) is 0 Å². The van der Waals surface area contributed by atoms with E-state index in [1.807, 2.05) is 0 Å². The summed E-state index contributed by atoms with van der Waals surface area (Å²) in [5.41, 5.74) is 0.684. The molecule has 80 valence electrons. The van der Waals surface area contributed by atoms with Gasteiger partial charge >= 0.3 is 0 Å². The number of halogens is 2. The highest BCUT2D eigenvalue weighted by Crippen LogP contribution is 2.34. The van der Waals surface area contributed by atoms with Crippen molar-refractivity contribution < 1.29 is 0 Å². The van der Waals surface area contributed by atoms with Gasteiger partial charge in [0.05, 0.1) is 0 Å². The second kappa shape index (κ2) is 6.07. The van der Waals surface area contributed by atoms with Crippen molar-refractivity contribution in [2.45, 2.75) is 25.7 Å². The molecule has 2 saturated heterocycles. The summed E-state index contributed by atoms with van der Waals surface area (Å²) in [6.07, 6.45) is 5.63. The highest BCUT2D eigenvalue weighted by Gasteiger charge is 2.32. The number of nitrogens with one attached hydrogen (secondary N) is 2. The van der Waals surface area contributed by atoms with E-state index in [1.54, 1.807) is 0 Å². The Morgan fingerprint density at radius 2 is 1.46 bits per heavy atom. The molecule has 2 fully saturated rings. The maximum absolute atomic E-state index is 3.52. The maximum atomic E-state index is 3.52. The molecular formula is C9H20Cl2N2. The molecule has 2 rings (SSSR count). The molecule has 2 nitrogen and oxygen atoms in total. The van der Waals surface area contributed by atoms with Gasteiger partial charge < -0.3 is 10.6 Å². The van der Waals surface area contributed by atoms with Crippen LogP contribution in [0.3, 0.4) is 0 Å². The van der Waals surface area contributed by atoms with Gasteiger partial charge in [-0.25, -0.2) is 0 Å². The third kappa shape index (κ3) is 3.28. The molecule has 0 amide bonds. The van der Waals surface area contributed by atoms with Crippen LogP contribution in [0, 0.1) is 5.41 Å². The fraction of sp³-hybridized carbons (Fsp3) is 1.00. The van der Waals surface area contributed by atoms with Crippen molar-refractivity contribution in [3.05, 3.63) is 0 Å². The van der Waals surface area contributed by atoms with Gasteiger partial charge in [-0.1, -0.05) is 0 Å². The average Bonchev–Trinajstić information content (AvgIpc) is 2.07. The molecule has 0 aromatic heterocycles. The molecule has 0 unspecified atom stereocenters. The lowest BCUT2D eigenvalue weighted by Gasteiger charge is -2.41. The Bertz CT molecular complexity index is 110. The minimum absolute atomic E-state index is 0. The van der Waals surface area contributed by atoms with Crippen LogP contribution in [0.25, 0.3) is 0 Å². The number of hydrogen-bond donors (Lipinski definition) is 2. The predicted octanol–water partition coefficient (Wildman–Crippen LogP) is 1.58. The summed E-state index contributed by atoms with van der Waals surface area (Å²) < 4.78 is 0. The van der Waals surface area contributed by atoms with Crippen LogP contribution < -0.4 is 10.6 Å². The lowest BCUT2D eigenvalue weighted by molar-refractivity contribution is 0.150. The SMILES string of the molecule is C1CNCC2(C1)CCNCC2.Cl.Cl. The quantitative estimate of drug-likeness (QED) is 0.656. The predicted molar refractivity (Wildman–Crippen MR) is 61.1 cm³/mol. The average molecular weight is 227 g/mol. The lowest BCUT2D eigenvalue weighted by Crippen LogP contribution is -2.46. The first-order valence-electron chi connectivity index (χ1n) is 4.83. The first-order chi connectivity index (χ1) is 5.41. The zero-order chi connectivity index (χ0) is 7.57. The summed E-state index contributed by atoms with van der Waals surface area (Å²) >= 11 is 0. The van der Waals surface area contributed by atoms with Gasteiger partial charge in [-0.3, -0.25) is 0 Å². The molecule has 2 aliphatic heterocycles. The van der Waals surface area contributed by atoms with Crippen molar-refractivity contribution in [1.29, 1.82) is 0 Å². The van der Waals surface area contributed by atoms with E-state index in [2.05, 4.69) is 10.6 Å². The molecule has 0 atom stereocenters. The summed E-state index contributed by atoms with van der Waals surface area (Å²) in [6, 6.07) is 0. The molecule has 13 heavy (non-hydrogen) atoms. The zero-order valence-electron chi connectivity index (χ0n) is 7.97. The van der Waals surface area contributed by atoms with E-state index in [9.17, 15) is 0 Å². The number of hydrogen-bond acceptors (Lipinski definition) is 2. The minimum atomic E-state index is 0. The summed E-state index contributed by atoms with van der Waals surface area (Å²) in [5.74, 6) is 0. The Morgan fingerprint density at radius 3 is 2.00 bits per heavy atom. The van der Waals surface area contributed by atoms with Crippen molar-refractivity contribution in [3.63, 3.8) is 0 Å². The highest BCUT2D eigenvalue weighted by molar-refractivity contribution is 5.85. The molecule has 0 aromatic carbocycles. The fourth-order valence-corrected chi connectivity index (χ4v) is 2.41. The standard InChI is InChI=1S/C9H18N2.2ClH/c1-2-9(8-11-5-1)3-6-10-7-4-9;;/h10-11H,1-8H2;2*1H. The molecule has 0 saturated carbocycles. The normalized spacial score (nSPS) is 25.8. The van der Waals surface area contributed by atoms with E-state index in [0.717, 1.165) is 0 Å². The first kappa shape index (κ1) is 13.5. The van der Waals surface area contributed by atoms with Crippen molar-refractivity contribution in [2.75, 3.05) is 26.2 Å². The first-order valence-corrected chi connectivity index (χ1v) is 4.83. The van der Waals surface area contributed by atoms with E-state index in [1.165, 1.54) is 51.9 Å². The van der Waals surface area contributed by atoms with E-state index >= 15 is 0 Å². The Morgan fingerprint density at radius 1 is 0.769 bits per heavy atom. The maximum Gasteiger partial charge on any atom is 0.000877 e. The summed E-state index contributed by atoms with van der Waals surface area (Å²) in [4.78, 5) is 0. The van der Waals surface area contributed by atoms with Gasteiger partial charge in [0.25, 0.3) is 0 Å². The molecule has 2 N–H and O–H groups in total. The van der Waals surface area contributed by atoms with Crippen LogP contribution >= 0.6 is 24.8 Å². The van der Waals surface area contributed by atoms with Crippen LogP contribution in [0.1, 0.15) is 25.7 Å². The van der Waals surface area contributed by atoms with Crippen LogP contribution in [0.2, 0.25) is 0 Å². The molecule has 0 bridgehead atoms. The van der Waals surface area contributed by atoms with Gasteiger partial charge in [0.15, 0.2) is 0 Å². The summed E-state index contributed by atoms with van der Waals surface area (Å²) in [6.45, 7) is 4.99. The third-order valence-electron chi connectivity index (χ3n) is 3.22. The molecule has 0 aromatic rings. The second-order valence-corrected chi connectivity index (χ2v) is 4.03. The van der Waals surface area contributed by atoms with E-state index in [-0.39, 0.29) is 24.8 Å². The van der Waals surface area contributed by atoms with Gasteiger partial charge in [0.1, 0.15) is 0 Å². The smallest absolute Gasteiger partial charge is 0.000877 e. The monoisotopic (exact) mass is 226 g/mol. The van der Waals surface area contributed by atoms with Crippen LogP contribution in [-0.2, 0) is 0 Å². The Balaban J connectivity index is 0.000000720. The number of rotatable bonds is 0. The fourth-order valence-electron chi connectivity index (χ4n) is 2.41. The molecule has 2 heterocycles. The van der Waals surface area contributed by atoms with Crippen LogP contribution in [0.4, 0.5) is 0 Å².